The fourth-order valence-corrected chi connectivity index (χ4v) is 1.66. The van der Waals surface area contributed by atoms with E-state index >= 15 is 0 Å². The lowest BCUT2D eigenvalue weighted by atomic mass is 10.0. The second-order valence-corrected chi connectivity index (χ2v) is 5.10. The van der Waals surface area contributed by atoms with Gasteiger partial charge in [-0.3, -0.25) is 9.59 Å². The summed E-state index contributed by atoms with van der Waals surface area (Å²) in [5.74, 6) is -0.549. The van der Waals surface area contributed by atoms with Crippen LogP contribution in [0.1, 0.15) is 20.8 Å². The first kappa shape index (κ1) is 15.2. The number of nitrogens with zero attached hydrogens (tertiary/aromatic N) is 1. The fraction of sp³-hybridized carbons (Fsp3) is 0.429. The second kappa shape index (κ2) is 5.84. The van der Waals surface area contributed by atoms with E-state index in [9.17, 15) is 9.59 Å². The number of amides is 2. The van der Waals surface area contributed by atoms with Gasteiger partial charge < -0.3 is 16.0 Å². The number of hydrogen-bond acceptors (Lipinski definition) is 3. The summed E-state index contributed by atoms with van der Waals surface area (Å²) >= 11 is 0. The van der Waals surface area contributed by atoms with Crippen molar-refractivity contribution in [1.29, 1.82) is 0 Å². The first-order valence-corrected chi connectivity index (χ1v) is 6.16. The molecule has 0 aliphatic rings. The number of hydrogen-bond donors (Lipinski definition) is 2. The molecule has 0 saturated heterocycles. The summed E-state index contributed by atoms with van der Waals surface area (Å²) in [6.07, 6.45) is 0. The van der Waals surface area contributed by atoms with Gasteiger partial charge in [-0.25, -0.2) is 0 Å². The number of carbonyl (C=O) groups is 2. The van der Waals surface area contributed by atoms with Crippen LogP contribution in [0, 0.1) is 0 Å². The number of nitrogens with two attached hydrogens (primary N) is 1. The average Bonchev–Trinajstić information content (AvgIpc) is 2.37. The summed E-state index contributed by atoms with van der Waals surface area (Å²) < 4.78 is 0. The van der Waals surface area contributed by atoms with Crippen LogP contribution in [0.5, 0.6) is 0 Å². The average molecular weight is 263 g/mol. The Hall–Kier alpha value is -1.88. The molecule has 0 aliphatic heterocycles. The molecule has 0 saturated carbocycles. The first-order chi connectivity index (χ1) is 8.75. The molecule has 5 heteroatoms. The van der Waals surface area contributed by atoms with Gasteiger partial charge in [0, 0.05) is 12.7 Å². The third kappa shape index (κ3) is 3.79. The summed E-state index contributed by atoms with van der Waals surface area (Å²) in [6, 6.07) is 8.61. The van der Waals surface area contributed by atoms with Crippen LogP contribution >= 0.6 is 0 Å². The topological polar surface area (TPSA) is 75.4 Å². The molecule has 0 bridgehead atoms. The Morgan fingerprint density at radius 2 is 1.79 bits per heavy atom. The van der Waals surface area contributed by atoms with Crippen molar-refractivity contribution in [3.05, 3.63) is 30.3 Å². The lowest BCUT2D eigenvalue weighted by Crippen LogP contribution is -2.58. The van der Waals surface area contributed by atoms with Crippen LogP contribution in [0.15, 0.2) is 30.3 Å². The summed E-state index contributed by atoms with van der Waals surface area (Å²) in [7, 11) is 1.68. The zero-order valence-electron chi connectivity index (χ0n) is 11.8. The van der Waals surface area contributed by atoms with Crippen LogP contribution in [0.25, 0.3) is 0 Å². The summed E-state index contributed by atoms with van der Waals surface area (Å²) in [4.78, 5) is 25.5. The lowest BCUT2D eigenvalue weighted by Gasteiger charge is -2.30. The Morgan fingerprint density at radius 3 is 2.26 bits per heavy atom. The van der Waals surface area contributed by atoms with Crippen LogP contribution < -0.4 is 16.0 Å². The molecule has 104 valence electrons. The van der Waals surface area contributed by atoms with Crippen LogP contribution in [-0.2, 0) is 9.59 Å². The maximum atomic E-state index is 12.4. The van der Waals surface area contributed by atoms with Gasteiger partial charge in [-0.2, -0.15) is 0 Å². The van der Waals surface area contributed by atoms with Gasteiger partial charge >= 0.3 is 0 Å². The molecule has 19 heavy (non-hydrogen) atoms. The Kier molecular flexibility index (Phi) is 4.67. The van der Waals surface area contributed by atoms with Gasteiger partial charge in [0.15, 0.2) is 0 Å². The Bertz CT molecular complexity index is 455. The van der Waals surface area contributed by atoms with E-state index in [1.165, 1.54) is 4.90 Å². The predicted octanol–water partition coefficient (Wildman–Crippen LogP) is 0.891. The summed E-state index contributed by atoms with van der Waals surface area (Å²) in [5, 5.41) is 2.65. The Balaban J connectivity index is 2.84. The van der Waals surface area contributed by atoms with Crippen molar-refractivity contribution in [1.82, 2.24) is 5.32 Å². The van der Waals surface area contributed by atoms with E-state index in [4.69, 9.17) is 5.73 Å². The molecule has 0 unspecified atom stereocenters. The molecule has 1 rings (SSSR count). The van der Waals surface area contributed by atoms with E-state index in [1.54, 1.807) is 27.8 Å². The number of likely N-dealkylation sites (N-methyl/N-ethyl adjacent to an activating group) is 1. The van der Waals surface area contributed by atoms with Crippen molar-refractivity contribution >= 4 is 17.5 Å². The molecule has 0 aromatic heterocycles. The molecule has 1 atom stereocenters. The van der Waals surface area contributed by atoms with Crippen LogP contribution in [0.4, 0.5) is 5.69 Å². The van der Waals surface area contributed by atoms with E-state index in [-0.39, 0.29) is 11.8 Å². The van der Waals surface area contributed by atoms with E-state index in [1.807, 2.05) is 30.3 Å². The van der Waals surface area contributed by atoms with Gasteiger partial charge in [0.1, 0.15) is 5.54 Å². The minimum atomic E-state index is -1.00. The standard InChI is InChI=1S/C14H21N3O2/c1-10(15)12(18)16-14(2,3)13(19)17(4)11-8-6-5-7-9-11/h5-10H,15H2,1-4H3,(H,16,18)/t10-/m0/s1. The minimum absolute atomic E-state index is 0.201. The SMILES string of the molecule is C[C@H](N)C(=O)NC(C)(C)C(=O)N(C)c1ccccc1. The molecule has 0 fully saturated rings. The van der Waals surface area contributed by atoms with Gasteiger partial charge in [0.2, 0.25) is 5.91 Å². The molecule has 0 radical (unpaired) electrons. The third-order valence-corrected chi connectivity index (χ3v) is 2.83. The van der Waals surface area contributed by atoms with Gasteiger partial charge in [-0.15, -0.1) is 0 Å². The highest BCUT2D eigenvalue weighted by atomic mass is 16.2. The molecular formula is C14H21N3O2. The lowest BCUT2D eigenvalue weighted by molar-refractivity contribution is -0.131. The van der Waals surface area contributed by atoms with Crippen molar-refractivity contribution in [3.63, 3.8) is 0 Å². The first-order valence-electron chi connectivity index (χ1n) is 6.16. The van der Waals surface area contributed by atoms with Crippen molar-refractivity contribution in [2.24, 2.45) is 5.73 Å². The Labute approximate surface area is 113 Å². The smallest absolute Gasteiger partial charge is 0.251 e. The number of nitrogens with one attached hydrogen (secondary N) is 1. The predicted molar refractivity (Wildman–Crippen MR) is 75.7 cm³/mol. The van der Waals surface area contributed by atoms with E-state index in [0.29, 0.717) is 0 Å². The molecule has 0 spiro atoms. The third-order valence-electron chi connectivity index (χ3n) is 2.83. The Morgan fingerprint density at radius 1 is 1.26 bits per heavy atom. The van der Waals surface area contributed by atoms with Crippen LogP contribution in [0.2, 0.25) is 0 Å². The highest BCUT2D eigenvalue weighted by Crippen LogP contribution is 2.16. The van der Waals surface area contributed by atoms with Gasteiger partial charge in [-0.05, 0) is 32.9 Å². The summed E-state index contributed by atoms with van der Waals surface area (Å²) in [6.45, 7) is 4.90. The van der Waals surface area contributed by atoms with Crippen molar-refractivity contribution in [2.75, 3.05) is 11.9 Å². The van der Waals surface area contributed by atoms with Crippen LogP contribution in [-0.4, -0.2) is 30.4 Å². The molecule has 0 heterocycles. The molecule has 5 nitrogen and oxygen atoms in total. The second-order valence-electron chi connectivity index (χ2n) is 5.10. The zero-order valence-corrected chi connectivity index (χ0v) is 11.8. The molecule has 3 N–H and O–H groups in total. The minimum Gasteiger partial charge on any atom is -0.341 e. The fourth-order valence-electron chi connectivity index (χ4n) is 1.66. The van der Waals surface area contributed by atoms with Crippen molar-refractivity contribution < 1.29 is 9.59 Å². The number of rotatable bonds is 4. The highest BCUT2D eigenvalue weighted by Gasteiger charge is 2.33. The quantitative estimate of drug-likeness (QED) is 0.847. The normalized spacial score (nSPS) is 12.7. The maximum absolute atomic E-state index is 12.4. The molecule has 0 aliphatic carbocycles. The van der Waals surface area contributed by atoms with Gasteiger partial charge in [0.25, 0.3) is 5.91 Å². The monoisotopic (exact) mass is 263 g/mol. The molecule has 1 aromatic rings. The number of carbonyl (C=O) groups excluding carboxylic acids is 2. The van der Waals surface area contributed by atoms with Gasteiger partial charge in [0.05, 0.1) is 6.04 Å². The van der Waals surface area contributed by atoms with Crippen LogP contribution in [0.3, 0.4) is 0 Å². The largest absolute Gasteiger partial charge is 0.341 e. The van der Waals surface area contributed by atoms with E-state index < -0.39 is 11.6 Å². The zero-order chi connectivity index (χ0) is 14.6. The number of anilines is 1. The number of para-hydroxylation sites is 1. The molecular weight excluding hydrogens is 242 g/mol. The summed E-state index contributed by atoms with van der Waals surface area (Å²) in [5.41, 5.74) is 5.26. The van der Waals surface area contributed by atoms with Crippen molar-refractivity contribution in [3.8, 4) is 0 Å². The highest BCUT2D eigenvalue weighted by molar-refractivity contribution is 6.01. The molecule has 2 amide bonds. The van der Waals surface area contributed by atoms with Crippen molar-refractivity contribution in [2.45, 2.75) is 32.4 Å². The van der Waals surface area contributed by atoms with E-state index in [0.717, 1.165) is 5.69 Å². The van der Waals surface area contributed by atoms with E-state index in [2.05, 4.69) is 5.32 Å². The maximum Gasteiger partial charge on any atom is 0.251 e. The molecule has 1 aromatic carbocycles. The van der Waals surface area contributed by atoms with Gasteiger partial charge in [-0.1, -0.05) is 18.2 Å². The number of benzene rings is 1.